The fraction of sp³-hybridized carbons (Fsp3) is 0.389. The Morgan fingerprint density at radius 1 is 1.27 bits per heavy atom. The number of anilines is 1. The van der Waals surface area contributed by atoms with E-state index in [0.717, 1.165) is 23.1 Å². The molecule has 1 saturated carbocycles. The molecule has 0 spiro atoms. The van der Waals surface area contributed by atoms with Crippen molar-refractivity contribution in [2.24, 2.45) is 5.92 Å². The topological polar surface area (TPSA) is 54.3 Å². The third-order valence-electron chi connectivity index (χ3n) is 4.17. The van der Waals surface area contributed by atoms with Crippen molar-refractivity contribution in [3.8, 4) is 0 Å². The molecule has 1 amide bonds. The predicted octanol–water partition coefficient (Wildman–Crippen LogP) is 3.52. The van der Waals surface area contributed by atoms with Gasteiger partial charge in [-0.05, 0) is 43.5 Å². The second-order valence-corrected chi connectivity index (χ2v) is 6.08. The first kappa shape index (κ1) is 14.9. The van der Waals surface area contributed by atoms with Crippen LogP contribution in [0.5, 0.6) is 0 Å². The van der Waals surface area contributed by atoms with Gasteiger partial charge in [0.1, 0.15) is 11.5 Å². The normalized spacial score (nSPS) is 21.4. The van der Waals surface area contributed by atoms with E-state index >= 15 is 0 Å². The Labute approximate surface area is 130 Å². The summed E-state index contributed by atoms with van der Waals surface area (Å²) in [6, 6.07) is 13.2. The average Bonchev–Trinajstić information content (AvgIpc) is 3.07. The summed E-state index contributed by atoms with van der Waals surface area (Å²) < 4.78 is 5.83. The van der Waals surface area contributed by atoms with Crippen LogP contribution in [-0.2, 0) is 11.3 Å². The number of hydrogen-bond acceptors (Lipinski definition) is 3. The van der Waals surface area contributed by atoms with Gasteiger partial charge in [-0.1, -0.05) is 25.1 Å². The fourth-order valence-corrected chi connectivity index (χ4v) is 2.53. The molecule has 3 unspecified atom stereocenters. The van der Waals surface area contributed by atoms with E-state index < -0.39 is 0 Å². The smallest absolute Gasteiger partial charge is 0.241 e. The number of carbonyl (C=O) groups is 1. The lowest BCUT2D eigenvalue weighted by atomic mass is 10.2. The molecule has 2 N–H and O–H groups in total. The zero-order valence-electron chi connectivity index (χ0n) is 13.0. The van der Waals surface area contributed by atoms with Crippen LogP contribution in [0.15, 0.2) is 46.9 Å². The summed E-state index contributed by atoms with van der Waals surface area (Å²) in [7, 11) is 0. The minimum absolute atomic E-state index is 0.0474. The largest absolute Gasteiger partial charge is 0.464 e. The van der Waals surface area contributed by atoms with Crippen molar-refractivity contribution in [3.63, 3.8) is 0 Å². The SMILES string of the molecule is CC(NCc1ccc(C2CC2C)o1)C(=O)Nc1ccccc1. The Kier molecular flexibility index (Phi) is 4.29. The van der Waals surface area contributed by atoms with Gasteiger partial charge >= 0.3 is 0 Å². The van der Waals surface area contributed by atoms with Crippen LogP contribution in [0.2, 0.25) is 0 Å². The van der Waals surface area contributed by atoms with Crippen molar-refractivity contribution in [1.29, 1.82) is 0 Å². The lowest BCUT2D eigenvalue weighted by Crippen LogP contribution is -2.37. The number of carbonyl (C=O) groups excluding carboxylic acids is 1. The second-order valence-electron chi connectivity index (χ2n) is 6.08. The Bertz CT molecular complexity index is 636. The molecule has 0 radical (unpaired) electrons. The molecule has 0 aliphatic heterocycles. The van der Waals surface area contributed by atoms with Crippen molar-refractivity contribution in [3.05, 3.63) is 54.0 Å². The van der Waals surface area contributed by atoms with E-state index in [1.54, 1.807) is 0 Å². The van der Waals surface area contributed by atoms with Crippen LogP contribution in [-0.4, -0.2) is 11.9 Å². The molecule has 4 nitrogen and oxygen atoms in total. The molecule has 1 fully saturated rings. The molecule has 1 aromatic carbocycles. The summed E-state index contributed by atoms with van der Waals surface area (Å²) in [4.78, 5) is 12.1. The standard InChI is InChI=1S/C18H22N2O2/c1-12-10-16(12)17-9-8-15(22-17)11-19-13(2)18(21)20-14-6-4-3-5-7-14/h3-9,12-13,16,19H,10-11H2,1-2H3,(H,20,21). The highest BCUT2D eigenvalue weighted by Crippen LogP contribution is 2.47. The minimum atomic E-state index is -0.284. The maximum absolute atomic E-state index is 12.1. The van der Waals surface area contributed by atoms with Gasteiger partial charge in [-0.2, -0.15) is 0 Å². The van der Waals surface area contributed by atoms with Crippen molar-refractivity contribution in [2.45, 2.75) is 38.8 Å². The van der Waals surface area contributed by atoms with Gasteiger partial charge in [-0.3, -0.25) is 10.1 Å². The van der Waals surface area contributed by atoms with Crippen molar-refractivity contribution >= 4 is 11.6 Å². The molecule has 3 rings (SSSR count). The van der Waals surface area contributed by atoms with Crippen molar-refractivity contribution in [1.82, 2.24) is 5.32 Å². The highest BCUT2D eigenvalue weighted by atomic mass is 16.3. The molecule has 1 aliphatic rings. The Morgan fingerprint density at radius 2 is 2.00 bits per heavy atom. The van der Waals surface area contributed by atoms with Crippen LogP contribution in [0.1, 0.15) is 37.7 Å². The zero-order chi connectivity index (χ0) is 15.5. The Hall–Kier alpha value is -2.07. The highest BCUT2D eigenvalue weighted by Gasteiger charge is 2.36. The molecule has 4 heteroatoms. The maximum atomic E-state index is 12.1. The Morgan fingerprint density at radius 3 is 2.68 bits per heavy atom. The zero-order valence-corrected chi connectivity index (χ0v) is 13.0. The minimum Gasteiger partial charge on any atom is -0.464 e. The summed E-state index contributed by atoms with van der Waals surface area (Å²) in [6.07, 6.45) is 1.22. The van der Waals surface area contributed by atoms with Gasteiger partial charge in [0.15, 0.2) is 0 Å². The molecule has 22 heavy (non-hydrogen) atoms. The fourth-order valence-electron chi connectivity index (χ4n) is 2.53. The molecule has 1 aliphatic carbocycles. The van der Waals surface area contributed by atoms with Gasteiger partial charge in [-0.15, -0.1) is 0 Å². The average molecular weight is 298 g/mol. The van der Waals surface area contributed by atoms with Crippen LogP contribution in [0.25, 0.3) is 0 Å². The first-order valence-corrected chi connectivity index (χ1v) is 7.81. The van der Waals surface area contributed by atoms with E-state index in [0.29, 0.717) is 12.5 Å². The van der Waals surface area contributed by atoms with Gasteiger partial charge in [0.25, 0.3) is 0 Å². The van der Waals surface area contributed by atoms with E-state index in [1.807, 2.05) is 43.3 Å². The monoisotopic (exact) mass is 298 g/mol. The van der Waals surface area contributed by atoms with Gasteiger partial charge in [-0.25, -0.2) is 0 Å². The lowest BCUT2D eigenvalue weighted by Gasteiger charge is -2.13. The van der Waals surface area contributed by atoms with Crippen LogP contribution < -0.4 is 10.6 Å². The quantitative estimate of drug-likeness (QED) is 0.858. The van der Waals surface area contributed by atoms with E-state index in [9.17, 15) is 4.79 Å². The third kappa shape index (κ3) is 3.57. The number of furan rings is 1. The molecular formula is C18H22N2O2. The Balaban J connectivity index is 1.48. The molecule has 0 bridgehead atoms. The number of rotatable bonds is 6. The molecule has 2 aromatic rings. The van der Waals surface area contributed by atoms with Crippen LogP contribution in [0.4, 0.5) is 5.69 Å². The van der Waals surface area contributed by atoms with Crippen LogP contribution >= 0.6 is 0 Å². The maximum Gasteiger partial charge on any atom is 0.241 e. The van der Waals surface area contributed by atoms with Gasteiger partial charge in [0.05, 0.1) is 12.6 Å². The molecule has 1 heterocycles. The first-order chi connectivity index (χ1) is 10.6. The lowest BCUT2D eigenvalue weighted by molar-refractivity contribution is -0.117. The number of hydrogen-bond donors (Lipinski definition) is 2. The molecule has 116 valence electrons. The van der Waals surface area contributed by atoms with E-state index in [1.165, 1.54) is 6.42 Å². The number of para-hydroxylation sites is 1. The van der Waals surface area contributed by atoms with Crippen molar-refractivity contribution < 1.29 is 9.21 Å². The molecule has 3 atom stereocenters. The number of nitrogens with one attached hydrogen (secondary N) is 2. The molecule has 1 aromatic heterocycles. The summed E-state index contributed by atoms with van der Waals surface area (Å²) in [6.45, 7) is 4.65. The summed E-state index contributed by atoms with van der Waals surface area (Å²) in [5.74, 6) is 3.24. The van der Waals surface area contributed by atoms with Gasteiger partial charge in [0.2, 0.25) is 5.91 Å². The van der Waals surface area contributed by atoms with Gasteiger partial charge in [0, 0.05) is 11.6 Å². The molecular weight excluding hydrogens is 276 g/mol. The summed E-state index contributed by atoms with van der Waals surface area (Å²) >= 11 is 0. The van der Waals surface area contributed by atoms with Crippen LogP contribution in [0.3, 0.4) is 0 Å². The number of amides is 1. The number of benzene rings is 1. The van der Waals surface area contributed by atoms with Gasteiger partial charge < -0.3 is 9.73 Å². The van der Waals surface area contributed by atoms with E-state index in [2.05, 4.69) is 23.6 Å². The third-order valence-corrected chi connectivity index (χ3v) is 4.17. The molecule has 0 saturated heterocycles. The van der Waals surface area contributed by atoms with Crippen LogP contribution in [0, 0.1) is 5.92 Å². The van der Waals surface area contributed by atoms with E-state index in [-0.39, 0.29) is 11.9 Å². The second kappa shape index (κ2) is 6.36. The predicted molar refractivity (Wildman–Crippen MR) is 86.6 cm³/mol. The summed E-state index contributed by atoms with van der Waals surface area (Å²) in [5.41, 5.74) is 0.809. The first-order valence-electron chi connectivity index (χ1n) is 7.81. The highest BCUT2D eigenvalue weighted by molar-refractivity contribution is 5.94. The van der Waals surface area contributed by atoms with E-state index in [4.69, 9.17) is 4.42 Å². The summed E-state index contributed by atoms with van der Waals surface area (Å²) in [5, 5.41) is 6.08. The van der Waals surface area contributed by atoms with Crippen molar-refractivity contribution in [2.75, 3.05) is 5.32 Å².